The Balaban J connectivity index is 2.58. The summed E-state index contributed by atoms with van der Waals surface area (Å²) in [4.78, 5) is 0. The van der Waals surface area contributed by atoms with E-state index in [0.29, 0.717) is 10.6 Å². The predicted molar refractivity (Wildman–Crippen MR) is 89.1 cm³/mol. The Bertz CT molecular complexity index is 700. The first-order chi connectivity index (χ1) is 9.75. The minimum atomic E-state index is -0.544. The highest BCUT2D eigenvalue weighted by Gasteiger charge is 2.22. The lowest BCUT2D eigenvalue weighted by Gasteiger charge is -2.14. The van der Waals surface area contributed by atoms with E-state index in [2.05, 4.69) is 0 Å². The lowest BCUT2D eigenvalue weighted by Crippen LogP contribution is -1.94. The van der Waals surface area contributed by atoms with Gasteiger partial charge in [0.2, 0.25) is 0 Å². The molecule has 0 saturated heterocycles. The van der Waals surface area contributed by atoms with Crippen molar-refractivity contribution in [2.45, 2.75) is 6.42 Å². The Morgan fingerprint density at radius 1 is 0.667 bits per heavy atom. The first-order valence-corrected chi connectivity index (χ1v) is 7.72. The third kappa shape index (κ3) is 3.12. The number of phenolic OH excluding ortho intramolecular Hbond substituents is 2. The number of phenols is 2. The highest BCUT2D eigenvalue weighted by molar-refractivity contribution is 6.49. The first kappa shape index (κ1) is 17.1. The van der Waals surface area contributed by atoms with Crippen LogP contribution in [0.1, 0.15) is 11.1 Å². The van der Waals surface area contributed by atoms with Crippen LogP contribution in [0, 0.1) is 0 Å². The van der Waals surface area contributed by atoms with Crippen molar-refractivity contribution in [3.63, 3.8) is 0 Å². The molecule has 0 aliphatic carbocycles. The summed E-state index contributed by atoms with van der Waals surface area (Å²) >= 11 is 35.6. The maximum absolute atomic E-state index is 9.98. The lowest BCUT2D eigenvalue weighted by atomic mass is 10.0. The van der Waals surface area contributed by atoms with Gasteiger partial charge in [0.25, 0.3) is 0 Å². The summed E-state index contributed by atoms with van der Waals surface area (Å²) in [7, 11) is 0. The van der Waals surface area contributed by atoms with Crippen molar-refractivity contribution >= 4 is 69.6 Å². The molecule has 0 spiro atoms. The van der Waals surface area contributed by atoms with Crippen molar-refractivity contribution in [2.75, 3.05) is 0 Å². The molecule has 0 saturated carbocycles. The van der Waals surface area contributed by atoms with Crippen LogP contribution in [0.25, 0.3) is 0 Å². The van der Waals surface area contributed by atoms with Gasteiger partial charge in [-0.3, -0.25) is 0 Å². The van der Waals surface area contributed by atoms with E-state index < -0.39 is 11.5 Å². The zero-order valence-electron chi connectivity index (χ0n) is 10.0. The summed E-state index contributed by atoms with van der Waals surface area (Å²) in [6.07, 6.45) is 0.0881. The molecule has 0 amide bonds. The average Bonchev–Trinajstić information content (AvgIpc) is 2.47. The standard InChI is InChI=1S/C13H6Cl6O2/c14-6-2-1-4(7(15)9(6)17)3-5-8(16)10(18)11(19)13(21)12(5)20/h1-2,20-21H,3H2. The minimum Gasteiger partial charge on any atom is -0.504 e. The van der Waals surface area contributed by atoms with Gasteiger partial charge in [-0.1, -0.05) is 75.7 Å². The fraction of sp³-hybridized carbons (Fsp3) is 0.0769. The van der Waals surface area contributed by atoms with Crippen LogP contribution in [0.2, 0.25) is 30.1 Å². The van der Waals surface area contributed by atoms with Gasteiger partial charge in [-0.05, 0) is 11.6 Å². The molecule has 0 unspecified atom stereocenters. The number of hydrogen-bond acceptors (Lipinski definition) is 2. The lowest BCUT2D eigenvalue weighted by molar-refractivity contribution is 0.400. The number of aromatic hydroxyl groups is 2. The van der Waals surface area contributed by atoms with Crippen molar-refractivity contribution in [3.05, 3.63) is 53.4 Å². The number of halogens is 6. The molecule has 8 heteroatoms. The average molecular weight is 407 g/mol. The fourth-order valence-corrected chi connectivity index (χ4v) is 3.05. The van der Waals surface area contributed by atoms with Crippen LogP contribution >= 0.6 is 69.6 Å². The molecule has 0 bridgehead atoms. The maximum Gasteiger partial charge on any atom is 0.178 e. The Labute approximate surface area is 150 Å². The first-order valence-electron chi connectivity index (χ1n) is 5.45. The normalized spacial score (nSPS) is 11.0. The second-order valence-corrected chi connectivity index (χ2v) is 6.43. The molecule has 0 radical (unpaired) electrons. The van der Waals surface area contributed by atoms with Crippen LogP contribution in [-0.4, -0.2) is 10.2 Å². The van der Waals surface area contributed by atoms with Crippen molar-refractivity contribution in [1.82, 2.24) is 0 Å². The van der Waals surface area contributed by atoms with Crippen LogP contribution < -0.4 is 0 Å². The van der Waals surface area contributed by atoms with Gasteiger partial charge in [-0.25, -0.2) is 0 Å². The monoisotopic (exact) mass is 404 g/mol. The molecule has 112 valence electrons. The number of rotatable bonds is 2. The Morgan fingerprint density at radius 2 is 1.29 bits per heavy atom. The highest BCUT2D eigenvalue weighted by Crippen LogP contribution is 2.47. The summed E-state index contributed by atoms with van der Waals surface area (Å²) in [5.74, 6) is -1.01. The Hall–Kier alpha value is -0.220. The van der Waals surface area contributed by atoms with E-state index in [1.54, 1.807) is 12.1 Å². The molecule has 0 aliphatic heterocycles. The van der Waals surface area contributed by atoms with Gasteiger partial charge >= 0.3 is 0 Å². The van der Waals surface area contributed by atoms with Gasteiger partial charge in [0.1, 0.15) is 5.02 Å². The Kier molecular flexibility index (Phi) is 5.30. The van der Waals surface area contributed by atoms with Gasteiger partial charge < -0.3 is 10.2 Å². The van der Waals surface area contributed by atoms with E-state index in [-0.39, 0.29) is 37.1 Å². The van der Waals surface area contributed by atoms with E-state index in [4.69, 9.17) is 69.6 Å². The molecule has 2 nitrogen and oxygen atoms in total. The molecule has 2 N–H and O–H groups in total. The molecule has 0 fully saturated rings. The minimum absolute atomic E-state index is 0.0269. The SMILES string of the molecule is Oc1c(O)c(Cc2ccc(Cl)c(Cl)c2Cl)c(Cl)c(Cl)c1Cl. The van der Waals surface area contributed by atoms with Crippen molar-refractivity contribution in [2.24, 2.45) is 0 Å². The molecule has 2 rings (SSSR count). The second kappa shape index (κ2) is 6.49. The molecule has 21 heavy (non-hydrogen) atoms. The van der Waals surface area contributed by atoms with Crippen LogP contribution in [0.15, 0.2) is 12.1 Å². The van der Waals surface area contributed by atoms with Crippen molar-refractivity contribution in [1.29, 1.82) is 0 Å². The molecule has 2 aromatic rings. The van der Waals surface area contributed by atoms with E-state index in [9.17, 15) is 10.2 Å². The number of benzene rings is 2. The van der Waals surface area contributed by atoms with Gasteiger partial charge in [-0.2, -0.15) is 0 Å². The molecule has 2 aromatic carbocycles. The topological polar surface area (TPSA) is 40.5 Å². The smallest absolute Gasteiger partial charge is 0.178 e. The van der Waals surface area contributed by atoms with Crippen molar-refractivity contribution < 1.29 is 10.2 Å². The largest absolute Gasteiger partial charge is 0.504 e. The highest BCUT2D eigenvalue weighted by atomic mass is 35.5. The van der Waals surface area contributed by atoms with E-state index in [0.717, 1.165) is 0 Å². The third-order valence-electron chi connectivity index (χ3n) is 2.85. The zero-order chi connectivity index (χ0) is 15.9. The third-order valence-corrected chi connectivity index (χ3v) is 5.54. The predicted octanol–water partition coefficient (Wildman–Crippen LogP) is 6.61. The summed E-state index contributed by atoms with van der Waals surface area (Å²) in [6, 6.07) is 3.19. The van der Waals surface area contributed by atoms with Crippen molar-refractivity contribution in [3.8, 4) is 11.5 Å². The van der Waals surface area contributed by atoms with Crippen LogP contribution in [0.3, 0.4) is 0 Å². The van der Waals surface area contributed by atoms with Gasteiger partial charge in [0, 0.05) is 12.0 Å². The molecule has 0 aromatic heterocycles. The molecular weight excluding hydrogens is 401 g/mol. The molecule has 0 aliphatic rings. The summed E-state index contributed by atoms with van der Waals surface area (Å²) in [5.41, 5.74) is 0.741. The summed E-state index contributed by atoms with van der Waals surface area (Å²) in [5, 5.41) is 20.2. The van der Waals surface area contributed by atoms with Gasteiger partial charge in [0.05, 0.1) is 25.1 Å². The van der Waals surface area contributed by atoms with Gasteiger partial charge in [0.15, 0.2) is 11.5 Å². The molecule has 0 atom stereocenters. The van der Waals surface area contributed by atoms with Crippen LogP contribution in [-0.2, 0) is 6.42 Å². The quantitative estimate of drug-likeness (QED) is 0.435. The van der Waals surface area contributed by atoms with E-state index in [1.807, 2.05) is 0 Å². The second-order valence-electron chi connectivity index (χ2n) is 4.13. The van der Waals surface area contributed by atoms with E-state index in [1.165, 1.54) is 0 Å². The van der Waals surface area contributed by atoms with Crippen LogP contribution in [0.4, 0.5) is 0 Å². The molecular formula is C13H6Cl6O2. The summed E-state index contributed by atoms with van der Waals surface area (Å²) in [6.45, 7) is 0. The zero-order valence-corrected chi connectivity index (χ0v) is 14.6. The summed E-state index contributed by atoms with van der Waals surface area (Å²) < 4.78 is 0. The van der Waals surface area contributed by atoms with E-state index >= 15 is 0 Å². The fourth-order valence-electron chi connectivity index (χ4n) is 1.74. The molecule has 0 heterocycles. The maximum atomic E-state index is 9.98. The van der Waals surface area contributed by atoms with Gasteiger partial charge in [-0.15, -0.1) is 0 Å². The number of hydrogen-bond donors (Lipinski definition) is 2. The van der Waals surface area contributed by atoms with Crippen LogP contribution in [0.5, 0.6) is 11.5 Å². The Morgan fingerprint density at radius 3 is 1.90 bits per heavy atom.